The molecule has 0 saturated carbocycles. The predicted octanol–water partition coefficient (Wildman–Crippen LogP) is 0.932. The first kappa shape index (κ1) is 19.0. The zero-order chi connectivity index (χ0) is 16.7. The molecule has 3 nitrogen and oxygen atoms in total. The van der Waals surface area contributed by atoms with Gasteiger partial charge in [0, 0.05) is 15.8 Å². The first-order chi connectivity index (χ1) is 11.6. The maximum Gasteiger partial charge on any atom is 0.316 e. The monoisotopic (exact) mass is 482 g/mol. The lowest BCUT2D eigenvalue weighted by Gasteiger charge is -2.24. The van der Waals surface area contributed by atoms with Gasteiger partial charge in [0.2, 0.25) is 0 Å². The zero-order valence-corrected chi connectivity index (χ0v) is 17.9. The Hall–Kier alpha value is -0.820. The zero-order valence-electron chi connectivity index (χ0n) is 14.0. The summed E-state index contributed by atoms with van der Waals surface area (Å²) in [6, 6.07) is 16.4. The number of rotatable bonds is 2. The molecule has 6 heteroatoms. The van der Waals surface area contributed by atoms with Gasteiger partial charge in [-0.05, 0) is 48.9 Å². The average molecular weight is 484 g/mol. The highest BCUT2D eigenvalue weighted by molar-refractivity contribution is 9.10. The molecular weight excluding hydrogens is 464 g/mol. The van der Waals surface area contributed by atoms with Crippen LogP contribution in [0.2, 0.25) is 0 Å². The number of β-amino-alcohol motifs (C(OH)–C–C–N with tert-alkyl or cyclic N) is 1. The lowest BCUT2D eigenvalue weighted by molar-refractivity contribution is -0.656. The van der Waals surface area contributed by atoms with E-state index in [0.717, 1.165) is 28.8 Å². The molecule has 2 aliphatic rings. The first-order valence-corrected chi connectivity index (χ1v) is 9.96. The third-order valence-corrected chi connectivity index (χ3v) is 6.48. The molecule has 0 bridgehead atoms. The molecule has 1 atom stereocenters. The quantitative estimate of drug-likeness (QED) is 0.644. The van der Waals surface area contributed by atoms with Gasteiger partial charge in [-0.3, -0.25) is 0 Å². The summed E-state index contributed by atoms with van der Waals surface area (Å²) in [6.45, 7) is 3.57. The van der Waals surface area contributed by atoms with Crippen molar-refractivity contribution in [1.29, 1.82) is 0 Å². The van der Waals surface area contributed by atoms with Crippen LogP contribution in [0.15, 0.2) is 53.0 Å². The molecule has 4 rings (SSSR count). The van der Waals surface area contributed by atoms with Gasteiger partial charge in [-0.15, -0.1) is 0 Å². The van der Waals surface area contributed by atoms with Gasteiger partial charge in [-0.2, -0.15) is 0 Å². The van der Waals surface area contributed by atoms with E-state index < -0.39 is 5.72 Å². The Bertz CT molecular complexity index is 809. The van der Waals surface area contributed by atoms with E-state index in [1.165, 1.54) is 16.4 Å². The smallest absolute Gasteiger partial charge is 0.316 e. The van der Waals surface area contributed by atoms with Crippen LogP contribution in [0.25, 0.3) is 0 Å². The third-order valence-electron chi connectivity index (χ3n) is 4.76. The van der Waals surface area contributed by atoms with Crippen molar-refractivity contribution in [2.75, 3.05) is 23.7 Å². The number of hydrogen-bond donors (Lipinski definition) is 1. The van der Waals surface area contributed by atoms with Crippen LogP contribution in [-0.2, 0) is 5.72 Å². The van der Waals surface area contributed by atoms with Crippen LogP contribution in [0, 0.1) is 6.92 Å². The molecule has 2 heterocycles. The lowest BCUT2D eigenvalue weighted by atomic mass is 10.0. The largest absolute Gasteiger partial charge is 1.00 e. The lowest BCUT2D eigenvalue weighted by Crippen LogP contribution is -3.00. The number of aliphatic hydroxyl groups is 1. The summed E-state index contributed by atoms with van der Waals surface area (Å²) in [5.41, 5.74) is 2.38. The molecule has 1 unspecified atom stereocenters. The Kier molecular flexibility index (Phi) is 5.63. The minimum Gasteiger partial charge on any atom is -1.00 e. The van der Waals surface area contributed by atoms with Crippen LogP contribution in [0.3, 0.4) is 0 Å². The highest BCUT2D eigenvalue weighted by Crippen LogP contribution is 2.38. The summed E-state index contributed by atoms with van der Waals surface area (Å²) in [6.07, 6.45) is 1.09. The summed E-state index contributed by atoms with van der Waals surface area (Å²) in [4.78, 5) is 2.28. The van der Waals surface area contributed by atoms with Crippen LogP contribution >= 0.6 is 27.7 Å². The van der Waals surface area contributed by atoms with E-state index >= 15 is 0 Å². The number of halogens is 2. The van der Waals surface area contributed by atoms with Crippen molar-refractivity contribution >= 4 is 38.5 Å². The number of hydrogen-bond acceptors (Lipinski definition) is 3. The number of benzene rings is 2. The molecule has 25 heavy (non-hydrogen) atoms. The van der Waals surface area contributed by atoms with Gasteiger partial charge in [0.25, 0.3) is 5.72 Å². The highest BCUT2D eigenvalue weighted by Gasteiger charge is 2.53. The van der Waals surface area contributed by atoms with Crippen molar-refractivity contribution in [2.24, 2.45) is 0 Å². The number of amidine groups is 1. The molecule has 1 N–H and O–H groups in total. The fourth-order valence-corrected chi connectivity index (χ4v) is 4.96. The summed E-state index contributed by atoms with van der Waals surface area (Å²) in [5, 5.41) is 12.8. The van der Waals surface area contributed by atoms with Crippen molar-refractivity contribution < 1.29 is 26.7 Å². The van der Waals surface area contributed by atoms with Crippen LogP contribution in [0.1, 0.15) is 17.5 Å². The second-order valence-electron chi connectivity index (χ2n) is 6.33. The van der Waals surface area contributed by atoms with Gasteiger partial charge >= 0.3 is 5.17 Å². The van der Waals surface area contributed by atoms with E-state index in [2.05, 4.69) is 56.6 Å². The Morgan fingerprint density at radius 2 is 1.88 bits per heavy atom. The summed E-state index contributed by atoms with van der Waals surface area (Å²) in [5.74, 6) is 1.10. The fourth-order valence-electron chi connectivity index (χ4n) is 3.52. The minimum absolute atomic E-state index is 0. The molecule has 0 aliphatic carbocycles. The van der Waals surface area contributed by atoms with Crippen molar-refractivity contribution in [3.63, 3.8) is 0 Å². The van der Waals surface area contributed by atoms with Crippen molar-refractivity contribution in [3.05, 3.63) is 64.1 Å². The second kappa shape index (κ2) is 7.43. The van der Waals surface area contributed by atoms with Gasteiger partial charge in [0.1, 0.15) is 5.69 Å². The van der Waals surface area contributed by atoms with Crippen LogP contribution < -0.4 is 21.9 Å². The third kappa shape index (κ3) is 3.29. The topological polar surface area (TPSA) is 26.5 Å². The average Bonchev–Trinajstić information content (AvgIpc) is 2.90. The van der Waals surface area contributed by atoms with E-state index in [-0.39, 0.29) is 17.0 Å². The molecule has 0 amide bonds. The second-order valence-corrected chi connectivity index (χ2v) is 8.31. The Balaban J connectivity index is 0.00000182. The molecular formula is C19H20Br2N2OS. The van der Waals surface area contributed by atoms with Crippen molar-refractivity contribution in [1.82, 2.24) is 0 Å². The first-order valence-electron chi connectivity index (χ1n) is 8.18. The summed E-state index contributed by atoms with van der Waals surface area (Å²) < 4.78 is 3.21. The fraction of sp³-hybridized carbons (Fsp3) is 0.316. The predicted molar refractivity (Wildman–Crippen MR) is 104 cm³/mol. The number of aryl methyl sites for hydroxylation is 1. The number of para-hydroxylation sites is 1. The summed E-state index contributed by atoms with van der Waals surface area (Å²) in [7, 11) is 0. The van der Waals surface area contributed by atoms with Gasteiger partial charge < -0.3 is 22.1 Å². The standard InChI is InChI=1S/C19H20BrN2OS.BrH/c1-14-5-2-3-6-17(14)21-13-19(23,15-7-9-16(20)10-8-15)22-11-4-12-24-18(21)22;/h2-3,5-10,23H,4,11-13H2,1H3;1H/q+1;/p-1. The maximum atomic E-state index is 11.6. The van der Waals surface area contributed by atoms with E-state index in [1.54, 1.807) is 0 Å². The Morgan fingerprint density at radius 3 is 2.60 bits per heavy atom. The van der Waals surface area contributed by atoms with Crippen molar-refractivity contribution in [3.8, 4) is 0 Å². The van der Waals surface area contributed by atoms with Gasteiger partial charge in [0.15, 0.2) is 6.54 Å². The van der Waals surface area contributed by atoms with Crippen LogP contribution in [0.4, 0.5) is 5.69 Å². The van der Waals surface area contributed by atoms with E-state index in [9.17, 15) is 5.11 Å². The molecule has 0 aromatic heterocycles. The van der Waals surface area contributed by atoms with Crippen LogP contribution in [0.5, 0.6) is 0 Å². The number of thioether (sulfide) groups is 1. The minimum atomic E-state index is -0.980. The summed E-state index contributed by atoms with van der Waals surface area (Å²) >= 11 is 5.33. The van der Waals surface area contributed by atoms with Gasteiger partial charge in [0.05, 0.1) is 6.54 Å². The molecule has 0 spiro atoms. The Labute approximate surface area is 171 Å². The molecule has 2 aromatic rings. The van der Waals surface area contributed by atoms with Gasteiger partial charge in [-0.25, -0.2) is 9.48 Å². The normalized spacial score (nSPS) is 22.6. The number of nitrogens with zero attached hydrogens (tertiary/aromatic N) is 2. The van der Waals surface area contributed by atoms with E-state index in [4.69, 9.17) is 0 Å². The van der Waals surface area contributed by atoms with Crippen molar-refractivity contribution in [2.45, 2.75) is 19.1 Å². The molecule has 2 aromatic carbocycles. The molecule has 132 valence electrons. The van der Waals surface area contributed by atoms with E-state index in [1.807, 2.05) is 36.0 Å². The SMILES string of the molecule is Cc1ccccc1N1CC(O)(c2ccc(Br)cc2)[N+]2=C1SCCC2.[Br-]. The highest BCUT2D eigenvalue weighted by atomic mass is 79.9. The number of anilines is 1. The molecule has 0 radical (unpaired) electrons. The van der Waals surface area contributed by atoms with E-state index in [0.29, 0.717) is 6.54 Å². The maximum absolute atomic E-state index is 11.6. The molecule has 0 fully saturated rings. The van der Waals surface area contributed by atoms with Gasteiger partial charge in [-0.1, -0.05) is 46.3 Å². The molecule has 2 aliphatic heterocycles. The Morgan fingerprint density at radius 1 is 1.16 bits per heavy atom. The van der Waals surface area contributed by atoms with Crippen LogP contribution in [-0.4, -0.2) is 33.7 Å². The molecule has 0 saturated heterocycles.